The van der Waals surface area contributed by atoms with Crippen LogP contribution in [0.5, 0.6) is 0 Å². The van der Waals surface area contributed by atoms with Gasteiger partial charge in [0.1, 0.15) is 6.10 Å². The van der Waals surface area contributed by atoms with Crippen LogP contribution in [-0.2, 0) is 9.53 Å². The minimum Gasteiger partial charge on any atom is -0.761 e. The van der Waals surface area contributed by atoms with Gasteiger partial charge in [0.15, 0.2) is 0 Å². The second-order valence-electron chi connectivity index (χ2n) is 5.52. The Balaban J connectivity index is 1.49. The molecule has 6 nitrogen and oxygen atoms in total. The molecule has 3 rings (SSSR count). The third-order valence-electron chi connectivity index (χ3n) is 4.13. The van der Waals surface area contributed by atoms with Crippen molar-refractivity contribution in [1.29, 1.82) is 0 Å². The second-order valence-corrected chi connectivity index (χ2v) is 5.52. The van der Waals surface area contributed by atoms with Gasteiger partial charge in [0.05, 0.1) is 5.56 Å². The highest BCUT2D eigenvalue weighted by atomic mass is 16.5. The molecule has 6 heteroatoms. The summed E-state index contributed by atoms with van der Waals surface area (Å²) in [4.78, 5) is 25.4. The first-order valence-electron chi connectivity index (χ1n) is 7.16. The molecule has 2 aliphatic rings. The van der Waals surface area contributed by atoms with Gasteiger partial charge in [-0.2, -0.15) is 0 Å². The van der Waals surface area contributed by atoms with Crippen molar-refractivity contribution < 1.29 is 14.3 Å². The number of carbonyl (C=O) groups excluding carboxylic acids is 2. The van der Waals surface area contributed by atoms with Gasteiger partial charge in [-0.3, -0.25) is 4.79 Å². The van der Waals surface area contributed by atoms with Crippen LogP contribution in [0.4, 0.5) is 5.69 Å². The predicted molar refractivity (Wildman–Crippen MR) is 76.6 cm³/mol. The quantitative estimate of drug-likeness (QED) is 0.676. The van der Waals surface area contributed by atoms with Crippen LogP contribution in [0.1, 0.15) is 36.0 Å². The minimum atomic E-state index is -0.386. The molecule has 1 heterocycles. The molecule has 1 saturated carbocycles. The number of benzene rings is 1. The zero-order valence-electron chi connectivity index (χ0n) is 11.6. The fraction of sp³-hybridized carbons (Fsp3) is 0.467. The van der Waals surface area contributed by atoms with Crippen LogP contribution < -0.4 is 5.48 Å². The van der Waals surface area contributed by atoms with E-state index in [1.54, 1.807) is 17.6 Å². The maximum Gasteiger partial charge on any atom is 0.338 e. The van der Waals surface area contributed by atoms with Crippen molar-refractivity contribution in [3.05, 3.63) is 35.0 Å². The van der Waals surface area contributed by atoms with E-state index in [0.29, 0.717) is 17.7 Å². The van der Waals surface area contributed by atoms with E-state index in [1.807, 2.05) is 4.90 Å². The zero-order valence-corrected chi connectivity index (χ0v) is 11.6. The summed E-state index contributed by atoms with van der Waals surface area (Å²) in [6.07, 6.45) is 2.89. The van der Waals surface area contributed by atoms with E-state index in [0.717, 1.165) is 25.8 Å². The number of hydrogen-bond donors (Lipinski definition) is 1. The second kappa shape index (κ2) is 5.73. The molecule has 0 atom stereocenters. The maximum atomic E-state index is 11.9. The van der Waals surface area contributed by atoms with Gasteiger partial charge in [0, 0.05) is 37.5 Å². The van der Waals surface area contributed by atoms with E-state index in [1.165, 1.54) is 12.1 Å². The fourth-order valence-corrected chi connectivity index (χ4v) is 2.84. The summed E-state index contributed by atoms with van der Waals surface area (Å²) in [5.74, 6) is -0.172. The lowest BCUT2D eigenvalue weighted by atomic mass is 9.88. The Morgan fingerprint density at radius 3 is 2.57 bits per heavy atom. The number of nitrogens with one attached hydrogen (secondary N) is 1. The molecule has 21 heavy (non-hydrogen) atoms. The van der Waals surface area contributed by atoms with Crippen molar-refractivity contribution >= 4 is 17.6 Å². The normalized spacial score (nSPS) is 24.6. The average molecular weight is 289 g/mol. The van der Waals surface area contributed by atoms with Gasteiger partial charge in [-0.05, 0) is 30.7 Å². The number of anilines is 1. The van der Waals surface area contributed by atoms with Gasteiger partial charge in [-0.15, -0.1) is 0 Å². The van der Waals surface area contributed by atoms with Gasteiger partial charge >= 0.3 is 5.97 Å². The number of amides is 1. The van der Waals surface area contributed by atoms with Crippen molar-refractivity contribution in [2.45, 2.75) is 37.8 Å². The highest BCUT2D eigenvalue weighted by molar-refractivity contribution is 5.90. The monoisotopic (exact) mass is 289 g/mol. The van der Waals surface area contributed by atoms with Crippen LogP contribution in [0.15, 0.2) is 24.3 Å². The molecule has 1 amide bonds. The Morgan fingerprint density at radius 1 is 1.29 bits per heavy atom. The Morgan fingerprint density at radius 2 is 2.00 bits per heavy atom. The van der Waals surface area contributed by atoms with E-state index >= 15 is 0 Å². The zero-order chi connectivity index (χ0) is 14.8. The van der Waals surface area contributed by atoms with Crippen molar-refractivity contribution in [2.75, 3.05) is 12.0 Å². The molecule has 112 valence electrons. The largest absolute Gasteiger partial charge is 0.761 e. The predicted octanol–water partition coefficient (Wildman–Crippen LogP) is 1.91. The number of rotatable bonds is 4. The Kier molecular flexibility index (Phi) is 3.79. The summed E-state index contributed by atoms with van der Waals surface area (Å²) in [6.45, 7) is 0.827. The lowest BCUT2D eigenvalue weighted by Gasteiger charge is -2.40. The highest BCUT2D eigenvalue weighted by Gasteiger charge is 2.39. The minimum absolute atomic E-state index is 0.117. The summed E-state index contributed by atoms with van der Waals surface area (Å²) in [7, 11) is 0. The number of carbonyl (C=O) groups is 2. The van der Waals surface area contributed by atoms with E-state index in [9.17, 15) is 14.8 Å². The van der Waals surface area contributed by atoms with E-state index in [-0.39, 0.29) is 24.0 Å². The summed E-state index contributed by atoms with van der Waals surface area (Å²) >= 11 is 0. The SMILES string of the molecule is O=C(OC1CC(N2CCCC2=O)C1)c1ccc(N[O-])cc1. The molecular formula is C15H17N2O4-. The molecule has 0 spiro atoms. The molecule has 1 aromatic carbocycles. The van der Waals surface area contributed by atoms with Crippen LogP contribution in [-0.4, -0.2) is 35.5 Å². The molecule has 1 aliphatic heterocycles. The van der Waals surface area contributed by atoms with Crippen molar-refractivity contribution in [2.24, 2.45) is 0 Å². The fourth-order valence-electron chi connectivity index (χ4n) is 2.84. The Labute approximate surface area is 122 Å². The standard InChI is InChI=1S/C15H17N2O4/c18-14-2-1-7-17(14)12-8-13(9-12)21-15(19)10-3-5-11(16-20)6-4-10/h3-6,12-13,16H,1-2,7-9H2/q-1. The van der Waals surface area contributed by atoms with Gasteiger partial charge in [-0.25, -0.2) is 4.79 Å². The van der Waals surface area contributed by atoms with Gasteiger partial charge in [-0.1, -0.05) is 0 Å². The molecular weight excluding hydrogens is 272 g/mol. The van der Waals surface area contributed by atoms with E-state index in [4.69, 9.17) is 4.74 Å². The lowest BCUT2D eigenvalue weighted by molar-refractivity contribution is -0.133. The van der Waals surface area contributed by atoms with Gasteiger partial charge in [0.2, 0.25) is 5.91 Å². The number of likely N-dealkylation sites (tertiary alicyclic amines) is 1. The van der Waals surface area contributed by atoms with E-state index in [2.05, 4.69) is 0 Å². The molecule has 2 fully saturated rings. The van der Waals surface area contributed by atoms with Crippen LogP contribution in [0.2, 0.25) is 0 Å². The molecule has 1 aromatic rings. The first-order chi connectivity index (χ1) is 10.2. The summed E-state index contributed by atoms with van der Waals surface area (Å²) in [6, 6.07) is 6.42. The summed E-state index contributed by atoms with van der Waals surface area (Å²) < 4.78 is 5.40. The molecule has 0 radical (unpaired) electrons. The number of nitrogens with zero attached hydrogens (tertiary/aromatic N) is 1. The number of ether oxygens (including phenoxy) is 1. The smallest absolute Gasteiger partial charge is 0.338 e. The van der Waals surface area contributed by atoms with Crippen molar-refractivity contribution in [3.8, 4) is 0 Å². The topological polar surface area (TPSA) is 81.7 Å². The molecule has 1 saturated heterocycles. The van der Waals surface area contributed by atoms with Crippen LogP contribution in [0.3, 0.4) is 0 Å². The Bertz CT molecular complexity index is 537. The van der Waals surface area contributed by atoms with Gasteiger partial charge in [0.25, 0.3) is 0 Å². The van der Waals surface area contributed by atoms with Crippen LogP contribution in [0, 0.1) is 5.21 Å². The number of esters is 1. The molecule has 0 bridgehead atoms. The van der Waals surface area contributed by atoms with Crippen molar-refractivity contribution in [3.63, 3.8) is 0 Å². The summed E-state index contributed by atoms with van der Waals surface area (Å²) in [5.41, 5.74) is 2.59. The third kappa shape index (κ3) is 2.85. The van der Waals surface area contributed by atoms with Crippen LogP contribution >= 0.6 is 0 Å². The highest BCUT2D eigenvalue weighted by Crippen LogP contribution is 2.31. The Hall–Kier alpha value is -2.08. The third-order valence-corrected chi connectivity index (χ3v) is 4.13. The first kappa shape index (κ1) is 13.9. The summed E-state index contributed by atoms with van der Waals surface area (Å²) in [5, 5.41) is 10.4. The maximum absolute atomic E-state index is 11.9. The molecule has 1 aliphatic carbocycles. The molecule has 0 aromatic heterocycles. The van der Waals surface area contributed by atoms with Gasteiger partial charge < -0.3 is 20.3 Å². The number of hydrogen-bond acceptors (Lipinski definition) is 5. The van der Waals surface area contributed by atoms with E-state index < -0.39 is 0 Å². The molecule has 0 unspecified atom stereocenters. The first-order valence-corrected chi connectivity index (χ1v) is 7.16. The van der Waals surface area contributed by atoms with Crippen LogP contribution in [0.25, 0.3) is 0 Å². The average Bonchev–Trinajstić information content (AvgIpc) is 2.88. The molecule has 1 N–H and O–H groups in total. The lowest BCUT2D eigenvalue weighted by Crippen LogP contribution is -2.49. The van der Waals surface area contributed by atoms with Crippen molar-refractivity contribution in [1.82, 2.24) is 4.90 Å².